The van der Waals surface area contributed by atoms with Crippen LogP contribution in [-0.4, -0.2) is 24.2 Å². The van der Waals surface area contributed by atoms with Crippen molar-refractivity contribution in [2.45, 2.75) is 6.92 Å². The van der Waals surface area contributed by atoms with Crippen LogP contribution in [0.2, 0.25) is 0 Å². The molecule has 19 heavy (non-hydrogen) atoms. The molecule has 0 aliphatic heterocycles. The zero-order chi connectivity index (χ0) is 13.7. The number of aliphatic hydroxyl groups excluding tert-OH is 1. The third-order valence-corrected chi connectivity index (χ3v) is 2.87. The molecule has 2 aromatic carbocycles. The van der Waals surface area contributed by atoms with Crippen molar-refractivity contribution in [3.05, 3.63) is 59.7 Å². The van der Waals surface area contributed by atoms with Crippen LogP contribution in [0.5, 0.6) is 0 Å². The summed E-state index contributed by atoms with van der Waals surface area (Å²) in [4.78, 5) is 11.8. The molecule has 0 heterocycles. The van der Waals surface area contributed by atoms with Gasteiger partial charge in [-0.1, -0.05) is 42.0 Å². The first-order valence-corrected chi connectivity index (χ1v) is 6.27. The van der Waals surface area contributed by atoms with Crippen molar-refractivity contribution in [1.82, 2.24) is 5.32 Å². The van der Waals surface area contributed by atoms with E-state index < -0.39 is 0 Å². The second-order valence-electron chi connectivity index (χ2n) is 4.43. The van der Waals surface area contributed by atoms with Gasteiger partial charge in [0, 0.05) is 12.1 Å². The molecule has 1 amide bonds. The van der Waals surface area contributed by atoms with Crippen molar-refractivity contribution >= 4 is 5.91 Å². The Hall–Kier alpha value is -2.13. The zero-order valence-electron chi connectivity index (χ0n) is 10.9. The Morgan fingerprint density at radius 3 is 2.47 bits per heavy atom. The van der Waals surface area contributed by atoms with E-state index in [4.69, 9.17) is 5.11 Å². The van der Waals surface area contributed by atoms with Gasteiger partial charge in [-0.15, -0.1) is 0 Å². The number of rotatable bonds is 4. The van der Waals surface area contributed by atoms with E-state index in [1.54, 1.807) is 6.07 Å². The summed E-state index contributed by atoms with van der Waals surface area (Å²) >= 11 is 0. The molecule has 0 radical (unpaired) electrons. The Balaban J connectivity index is 2.26. The minimum atomic E-state index is -0.163. The SMILES string of the molecule is Cc1cccc(-c2cccc(C(=O)NCCO)c2)c1. The predicted molar refractivity (Wildman–Crippen MR) is 76.0 cm³/mol. The first-order chi connectivity index (χ1) is 9.20. The maximum absolute atomic E-state index is 11.8. The highest BCUT2D eigenvalue weighted by atomic mass is 16.3. The van der Waals surface area contributed by atoms with E-state index >= 15 is 0 Å². The molecule has 2 rings (SSSR count). The van der Waals surface area contributed by atoms with E-state index in [9.17, 15) is 4.79 Å². The maximum Gasteiger partial charge on any atom is 0.251 e. The molecule has 0 saturated heterocycles. The number of hydrogen-bond donors (Lipinski definition) is 2. The average molecular weight is 255 g/mol. The first-order valence-electron chi connectivity index (χ1n) is 6.27. The van der Waals surface area contributed by atoms with Gasteiger partial charge >= 0.3 is 0 Å². The molecule has 3 nitrogen and oxygen atoms in total. The van der Waals surface area contributed by atoms with Gasteiger partial charge in [-0.2, -0.15) is 0 Å². The molecule has 0 aromatic heterocycles. The van der Waals surface area contributed by atoms with E-state index in [2.05, 4.69) is 11.4 Å². The minimum absolute atomic E-state index is 0.0523. The predicted octanol–water partition coefficient (Wildman–Crippen LogP) is 2.38. The van der Waals surface area contributed by atoms with Crippen LogP contribution in [0.4, 0.5) is 0 Å². The highest BCUT2D eigenvalue weighted by Crippen LogP contribution is 2.21. The summed E-state index contributed by atoms with van der Waals surface area (Å²) in [5.41, 5.74) is 3.90. The van der Waals surface area contributed by atoms with Crippen molar-refractivity contribution in [2.75, 3.05) is 13.2 Å². The van der Waals surface area contributed by atoms with E-state index in [1.807, 2.05) is 43.3 Å². The van der Waals surface area contributed by atoms with Crippen LogP contribution in [0, 0.1) is 6.92 Å². The van der Waals surface area contributed by atoms with Gasteiger partial charge in [-0.05, 0) is 30.2 Å². The molecule has 0 fully saturated rings. The molecule has 0 bridgehead atoms. The molecule has 0 aliphatic carbocycles. The molecule has 3 heteroatoms. The second-order valence-corrected chi connectivity index (χ2v) is 4.43. The van der Waals surface area contributed by atoms with Crippen LogP contribution in [0.25, 0.3) is 11.1 Å². The Morgan fingerprint density at radius 1 is 1.11 bits per heavy atom. The number of amides is 1. The van der Waals surface area contributed by atoms with Crippen molar-refractivity contribution in [2.24, 2.45) is 0 Å². The lowest BCUT2D eigenvalue weighted by atomic mass is 10.0. The lowest BCUT2D eigenvalue weighted by molar-refractivity contribution is 0.0945. The monoisotopic (exact) mass is 255 g/mol. The molecule has 2 N–H and O–H groups in total. The fourth-order valence-electron chi connectivity index (χ4n) is 1.94. The fraction of sp³-hybridized carbons (Fsp3) is 0.188. The molecule has 0 unspecified atom stereocenters. The Kier molecular flexibility index (Phi) is 4.31. The van der Waals surface area contributed by atoms with Crippen LogP contribution < -0.4 is 5.32 Å². The summed E-state index contributed by atoms with van der Waals surface area (Å²) in [6, 6.07) is 15.6. The average Bonchev–Trinajstić information content (AvgIpc) is 2.45. The molecule has 98 valence electrons. The lowest BCUT2D eigenvalue weighted by Gasteiger charge is -2.07. The summed E-state index contributed by atoms with van der Waals surface area (Å²) in [6.45, 7) is 2.26. The third-order valence-electron chi connectivity index (χ3n) is 2.87. The Bertz CT molecular complexity index is 578. The van der Waals surface area contributed by atoms with Crippen LogP contribution in [-0.2, 0) is 0 Å². The molecule has 0 atom stereocenters. The summed E-state index contributed by atoms with van der Waals surface area (Å²) < 4.78 is 0. The number of nitrogens with one attached hydrogen (secondary N) is 1. The van der Waals surface area contributed by atoms with E-state index in [0.29, 0.717) is 5.56 Å². The van der Waals surface area contributed by atoms with Gasteiger partial charge in [0.05, 0.1) is 6.61 Å². The summed E-state index contributed by atoms with van der Waals surface area (Å²) in [6.07, 6.45) is 0. The highest BCUT2D eigenvalue weighted by Gasteiger charge is 2.06. The molecule has 2 aromatic rings. The van der Waals surface area contributed by atoms with Crippen LogP contribution in [0.1, 0.15) is 15.9 Å². The van der Waals surface area contributed by atoms with Crippen LogP contribution in [0.15, 0.2) is 48.5 Å². The van der Waals surface area contributed by atoms with E-state index in [1.165, 1.54) is 5.56 Å². The normalized spacial score (nSPS) is 10.2. The maximum atomic E-state index is 11.8. The van der Waals surface area contributed by atoms with Crippen molar-refractivity contribution < 1.29 is 9.90 Å². The molecule has 0 aliphatic rings. The topological polar surface area (TPSA) is 49.3 Å². The fourth-order valence-corrected chi connectivity index (χ4v) is 1.94. The van der Waals surface area contributed by atoms with Gasteiger partial charge in [0.25, 0.3) is 5.91 Å². The molecular formula is C16H17NO2. The molecule has 0 spiro atoms. The van der Waals surface area contributed by atoms with Gasteiger partial charge in [0.2, 0.25) is 0 Å². The Morgan fingerprint density at radius 2 is 1.79 bits per heavy atom. The van der Waals surface area contributed by atoms with Crippen LogP contribution >= 0.6 is 0 Å². The summed E-state index contributed by atoms with van der Waals surface area (Å²) in [5.74, 6) is -0.163. The van der Waals surface area contributed by atoms with E-state index in [0.717, 1.165) is 11.1 Å². The highest BCUT2D eigenvalue weighted by molar-refractivity contribution is 5.95. The number of aryl methyl sites for hydroxylation is 1. The van der Waals surface area contributed by atoms with Gasteiger partial charge < -0.3 is 10.4 Å². The number of aliphatic hydroxyl groups is 1. The smallest absolute Gasteiger partial charge is 0.251 e. The lowest BCUT2D eigenvalue weighted by Crippen LogP contribution is -2.26. The standard InChI is InChI=1S/C16H17NO2/c1-12-4-2-5-13(10-12)14-6-3-7-15(11-14)16(19)17-8-9-18/h2-7,10-11,18H,8-9H2,1H3,(H,17,19). The second kappa shape index (κ2) is 6.16. The van der Waals surface area contributed by atoms with Crippen LogP contribution in [0.3, 0.4) is 0 Å². The number of benzene rings is 2. The van der Waals surface area contributed by atoms with Crippen molar-refractivity contribution in [3.8, 4) is 11.1 Å². The minimum Gasteiger partial charge on any atom is -0.395 e. The van der Waals surface area contributed by atoms with Gasteiger partial charge in [-0.3, -0.25) is 4.79 Å². The zero-order valence-corrected chi connectivity index (χ0v) is 10.9. The molecular weight excluding hydrogens is 238 g/mol. The largest absolute Gasteiger partial charge is 0.395 e. The van der Waals surface area contributed by atoms with Gasteiger partial charge in [0.15, 0.2) is 0 Å². The quantitative estimate of drug-likeness (QED) is 0.881. The van der Waals surface area contributed by atoms with Gasteiger partial charge in [0.1, 0.15) is 0 Å². The van der Waals surface area contributed by atoms with Crippen molar-refractivity contribution in [3.63, 3.8) is 0 Å². The van der Waals surface area contributed by atoms with Gasteiger partial charge in [-0.25, -0.2) is 0 Å². The van der Waals surface area contributed by atoms with E-state index in [-0.39, 0.29) is 19.1 Å². The number of carbonyl (C=O) groups is 1. The molecule has 0 saturated carbocycles. The number of hydrogen-bond acceptors (Lipinski definition) is 2. The summed E-state index contributed by atoms with van der Waals surface area (Å²) in [5, 5.41) is 11.4. The number of carbonyl (C=O) groups excluding carboxylic acids is 1. The summed E-state index contributed by atoms with van der Waals surface area (Å²) in [7, 11) is 0. The third kappa shape index (κ3) is 3.42. The first kappa shape index (κ1) is 13.3. The van der Waals surface area contributed by atoms with Crippen molar-refractivity contribution in [1.29, 1.82) is 0 Å². The Labute approximate surface area is 112 Å².